The van der Waals surface area contributed by atoms with Crippen LogP contribution in [0.2, 0.25) is 10.0 Å². The van der Waals surface area contributed by atoms with Gasteiger partial charge >= 0.3 is 0 Å². The lowest BCUT2D eigenvalue weighted by atomic mass is 10.1. The second-order valence-electron chi connectivity index (χ2n) is 3.99. The molecule has 0 aliphatic heterocycles. The third-order valence-electron chi connectivity index (χ3n) is 2.52. The van der Waals surface area contributed by atoms with Crippen LogP contribution in [0.3, 0.4) is 0 Å². The van der Waals surface area contributed by atoms with E-state index in [-0.39, 0.29) is 12.4 Å². The van der Waals surface area contributed by atoms with Gasteiger partial charge in [0.05, 0.1) is 15.6 Å². The van der Waals surface area contributed by atoms with Gasteiger partial charge in [-0.05, 0) is 37.1 Å². The van der Waals surface area contributed by atoms with Gasteiger partial charge in [0.25, 0.3) is 0 Å². The highest BCUT2D eigenvalue weighted by Gasteiger charge is 2.07. The number of fused-ring (bicyclic) bond motifs is 1. The van der Waals surface area contributed by atoms with Crippen molar-refractivity contribution in [2.75, 3.05) is 0 Å². The molecule has 2 rings (SSSR count). The lowest BCUT2D eigenvalue weighted by molar-refractivity contribution is 0.890. The van der Waals surface area contributed by atoms with E-state index in [1.165, 1.54) is 0 Å². The molecule has 17 heavy (non-hydrogen) atoms. The van der Waals surface area contributed by atoms with Crippen molar-refractivity contribution in [3.8, 4) is 0 Å². The van der Waals surface area contributed by atoms with Gasteiger partial charge in [-0.2, -0.15) is 0 Å². The van der Waals surface area contributed by atoms with Crippen molar-refractivity contribution >= 4 is 46.5 Å². The van der Waals surface area contributed by atoms with E-state index in [1.807, 2.05) is 25.1 Å². The Morgan fingerprint density at radius 2 is 1.82 bits per heavy atom. The maximum Gasteiger partial charge on any atom is 0.0906 e. The third kappa shape index (κ3) is 3.04. The van der Waals surface area contributed by atoms with Crippen LogP contribution in [0, 0.1) is 6.92 Å². The first kappa shape index (κ1) is 14.6. The molecular formula is C13H14Cl3N. The van der Waals surface area contributed by atoms with E-state index in [9.17, 15) is 0 Å². The number of nitrogens with zero attached hydrogens (tertiary/aromatic N) is 1. The molecule has 0 spiro atoms. The topological polar surface area (TPSA) is 12.9 Å². The minimum atomic E-state index is 0. The Balaban J connectivity index is 0.00000144. The van der Waals surface area contributed by atoms with Crippen molar-refractivity contribution in [3.63, 3.8) is 0 Å². The van der Waals surface area contributed by atoms with Crippen molar-refractivity contribution in [2.45, 2.75) is 26.7 Å². The Morgan fingerprint density at radius 1 is 1.12 bits per heavy atom. The smallest absolute Gasteiger partial charge is 0.0906 e. The van der Waals surface area contributed by atoms with Crippen LogP contribution in [0.1, 0.15) is 24.6 Å². The number of hydrogen-bond acceptors (Lipinski definition) is 1. The Labute approximate surface area is 118 Å². The first-order valence-electron chi connectivity index (χ1n) is 5.37. The van der Waals surface area contributed by atoms with Crippen LogP contribution >= 0.6 is 35.6 Å². The summed E-state index contributed by atoms with van der Waals surface area (Å²) < 4.78 is 0. The van der Waals surface area contributed by atoms with E-state index in [1.54, 1.807) is 0 Å². The summed E-state index contributed by atoms with van der Waals surface area (Å²) in [5, 5.41) is 2.35. The number of aromatic nitrogens is 1. The number of aryl methyl sites for hydroxylation is 2. The van der Waals surface area contributed by atoms with E-state index in [0.717, 1.165) is 40.0 Å². The van der Waals surface area contributed by atoms with Gasteiger partial charge in [-0.25, -0.2) is 0 Å². The average Bonchev–Trinajstić information content (AvgIpc) is 2.20. The largest absolute Gasteiger partial charge is 0.251 e. The monoisotopic (exact) mass is 289 g/mol. The second kappa shape index (κ2) is 5.90. The van der Waals surface area contributed by atoms with Gasteiger partial charge in [-0.1, -0.05) is 36.5 Å². The molecule has 0 saturated heterocycles. The Bertz CT molecular complexity index is 538. The summed E-state index contributed by atoms with van der Waals surface area (Å²) in [6, 6.07) is 5.87. The van der Waals surface area contributed by atoms with E-state index in [4.69, 9.17) is 23.2 Å². The molecule has 1 nitrogen and oxygen atoms in total. The van der Waals surface area contributed by atoms with Gasteiger partial charge in [0.1, 0.15) is 0 Å². The fourth-order valence-electron chi connectivity index (χ4n) is 1.81. The SMILES string of the molecule is CCCc1cc(Cl)c2cc(C)cc(Cl)c2n1.Cl. The first-order valence-corrected chi connectivity index (χ1v) is 6.12. The van der Waals surface area contributed by atoms with Crippen molar-refractivity contribution in [2.24, 2.45) is 0 Å². The minimum Gasteiger partial charge on any atom is -0.251 e. The van der Waals surface area contributed by atoms with E-state index >= 15 is 0 Å². The quantitative estimate of drug-likeness (QED) is 0.738. The van der Waals surface area contributed by atoms with Gasteiger partial charge in [0, 0.05) is 11.1 Å². The highest BCUT2D eigenvalue weighted by atomic mass is 35.5. The lowest BCUT2D eigenvalue weighted by Crippen LogP contribution is -1.92. The van der Waals surface area contributed by atoms with Crippen LogP contribution in [-0.2, 0) is 6.42 Å². The molecule has 0 saturated carbocycles. The minimum absolute atomic E-state index is 0. The third-order valence-corrected chi connectivity index (χ3v) is 3.12. The van der Waals surface area contributed by atoms with Crippen molar-refractivity contribution in [1.82, 2.24) is 4.98 Å². The average molecular weight is 291 g/mol. The highest BCUT2D eigenvalue weighted by molar-refractivity contribution is 6.39. The van der Waals surface area contributed by atoms with Crippen LogP contribution in [0.15, 0.2) is 18.2 Å². The van der Waals surface area contributed by atoms with Crippen molar-refractivity contribution in [3.05, 3.63) is 39.5 Å². The normalized spacial score (nSPS) is 10.4. The summed E-state index contributed by atoms with van der Waals surface area (Å²) in [5.41, 5.74) is 2.92. The number of hydrogen-bond donors (Lipinski definition) is 0. The molecule has 0 atom stereocenters. The summed E-state index contributed by atoms with van der Waals surface area (Å²) in [5.74, 6) is 0. The number of halogens is 3. The van der Waals surface area contributed by atoms with Crippen LogP contribution in [0.25, 0.3) is 10.9 Å². The maximum absolute atomic E-state index is 6.24. The molecule has 0 aliphatic carbocycles. The molecule has 4 heteroatoms. The summed E-state index contributed by atoms with van der Waals surface area (Å²) >= 11 is 12.4. The number of benzene rings is 1. The molecule has 0 N–H and O–H groups in total. The van der Waals surface area contributed by atoms with Gasteiger partial charge in [0.2, 0.25) is 0 Å². The number of pyridine rings is 1. The molecule has 0 radical (unpaired) electrons. The fraction of sp³-hybridized carbons (Fsp3) is 0.308. The Hall–Kier alpha value is -0.500. The predicted octanol–water partition coefficient (Wildman–Crippen LogP) is 5.22. The molecule has 2 aromatic rings. The van der Waals surface area contributed by atoms with E-state index in [0.29, 0.717) is 5.02 Å². The molecule has 1 heterocycles. The maximum atomic E-state index is 6.24. The zero-order valence-electron chi connectivity index (χ0n) is 9.76. The van der Waals surface area contributed by atoms with E-state index < -0.39 is 0 Å². The summed E-state index contributed by atoms with van der Waals surface area (Å²) in [6.07, 6.45) is 1.98. The van der Waals surface area contributed by atoms with Crippen LogP contribution in [0.5, 0.6) is 0 Å². The zero-order valence-corrected chi connectivity index (χ0v) is 12.1. The highest BCUT2D eigenvalue weighted by Crippen LogP contribution is 2.30. The molecule has 0 aliphatic rings. The van der Waals surface area contributed by atoms with Gasteiger partial charge in [-0.15, -0.1) is 12.4 Å². The zero-order chi connectivity index (χ0) is 11.7. The Kier molecular flexibility index (Phi) is 5.05. The molecule has 1 aromatic carbocycles. The van der Waals surface area contributed by atoms with E-state index in [2.05, 4.69) is 11.9 Å². The first-order chi connectivity index (χ1) is 7.61. The summed E-state index contributed by atoms with van der Waals surface area (Å²) in [7, 11) is 0. The van der Waals surface area contributed by atoms with Crippen molar-refractivity contribution in [1.29, 1.82) is 0 Å². The lowest BCUT2D eigenvalue weighted by Gasteiger charge is -2.07. The van der Waals surface area contributed by atoms with Gasteiger partial charge in [0.15, 0.2) is 0 Å². The number of rotatable bonds is 2. The summed E-state index contributed by atoms with van der Waals surface area (Å²) in [4.78, 5) is 4.55. The molecule has 0 fully saturated rings. The Morgan fingerprint density at radius 3 is 2.47 bits per heavy atom. The van der Waals surface area contributed by atoms with Crippen LogP contribution in [0.4, 0.5) is 0 Å². The molecule has 0 bridgehead atoms. The fourth-order valence-corrected chi connectivity index (χ4v) is 2.40. The molecule has 1 aromatic heterocycles. The molecule has 0 unspecified atom stereocenters. The molecule has 0 amide bonds. The standard InChI is InChI=1S/C13H13Cl2N.ClH/c1-3-4-9-7-11(14)10-5-8(2)6-12(15)13(10)16-9;/h5-7H,3-4H2,1-2H3;1H. The van der Waals surface area contributed by atoms with Gasteiger partial charge < -0.3 is 0 Å². The predicted molar refractivity (Wildman–Crippen MR) is 77.7 cm³/mol. The summed E-state index contributed by atoms with van der Waals surface area (Å²) in [6.45, 7) is 4.12. The molecular weight excluding hydrogens is 277 g/mol. The van der Waals surface area contributed by atoms with Crippen LogP contribution < -0.4 is 0 Å². The van der Waals surface area contributed by atoms with Crippen LogP contribution in [-0.4, -0.2) is 4.98 Å². The second-order valence-corrected chi connectivity index (χ2v) is 4.80. The van der Waals surface area contributed by atoms with Gasteiger partial charge in [-0.3, -0.25) is 4.98 Å². The van der Waals surface area contributed by atoms with Crippen molar-refractivity contribution < 1.29 is 0 Å². The molecule has 92 valence electrons.